The van der Waals surface area contributed by atoms with E-state index >= 15 is 0 Å². The number of aryl methyl sites for hydroxylation is 2. The van der Waals surface area contributed by atoms with Crippen LogP contribution in [-0.2, 0) is 11.2 Å². The van der Waals surface area contributed by atoms with E-state index < -0.39 is 0 Å². The summed E-state index contributed by atoms with van der Waals surface area (Å²) in [5, 5.41) is 5.52. The topological polar surface area (TPSA) is 53.2 Å². The van der Waals surface area contributed by atoms with Crippen LogP contribution < -0.4 is 16.2 Å². The third-order valence-electron chi connectivity index (χ3n) is 3.58. The quantitative estimate of drug-likeness (QED) is 0.570. The predicted octanol–water partition coefficient (Wildman–Crippen LogP) is 3.71. The van der Waals surface area contributed by atoms with Gasteiger partial charge in [-0.3, -0.25) is 15.6 Å². The number of hydrogen-bond donors (Lipinski definition) is 3. The molecule has 0 aliphatic rings. The van der Waals surface area contributed by atoms with Crippen LogP contribution in [0.2, 0.25) is 0 Å². The van der Waals surface area contributed by atoms with Crippen LogP contribution in [0.1, 0.15) is 28.8 Å². The minimum atomic E-state index is -0.0633. The Morgan fingerprint density at radius 3 is 2.74 bits per heavy atom. The monoisotopic (exact) mass is 347 g/mol. The van der Waals surface area contributed by atoms with Gasteiger partial charge >= 0.3 is 0 Å². The number of carbonyl (C=O) groups is 1. The lowest BCUT2D eigenvalue weighted by atomic mass is 10.1. The molecule has 0 saturated heterocycles. The number of thiocarbonyl (C=S) groups is 1. The summed E-state index contributed by atoms with van der Waals surface area (Å²) in [5.41, 5.74) is 8.64. The van der Waals surface area contributed by atoms with Crippen molar-refractivity contribution in [1.29, 1.82) is 0 Å². The fraction of sp³-hybridized carbons (Fsp3) is 0.294. The van der Waals surface area contributed by atoms with E-state index in [4.69, 9.17) is 12.2 Å². The minimum Gasteiger partial charge on any atom is -0.331 e. The van der Waals surface area contributed by atoms with Gasteiger partial charge in [0.15, 0.2) is 5.11 Å². The maximum Gasteiger partial charge on any atom is 0.238 e. The number of nitrogens with one attached hydrogen (secondary N) is 3. The summed E-state index contributed by atoms with van der Waals surface area (Å²) in [7, 11) is 0. The van der Waals surface area contributed by atoms with Gasteiger partial charge in [-0.2, -0.15) is 0 Å². The SMILES string of the molecule is Cc1cccc(NC(=S)NNC(=O)CCCc2cccs2)c1C. The van der Waals surface area contributed by atoms with Crippen LogP contribution in [0, 0.1) is 13.8 Å². The lowest BCUT2D eigenvalue weighted by Gasteiger charge is -2.14. The normalized spacial score (nSPS) is 10.2. The highest BCUT2D eigenvalue weighted by molar-refractivity contribution is 7.80. The lowest BCUT2D eigenvalue weighted by Crippen LogP contribution is -2.43. The molecule has 2 aromatic rings. The maximum atomic E-state index is 11.8. The second kappa shape index (κ2) is 8.64. The fourth-order valence-corrected chi connectivity index (χ4v) is 3.02. The summed E-state index contributed by atoms with van der Waals surface area (Å²) < 4.78 is 0. The molecule has 1 amide bonds. The van der Waals surface area contributed by atoms with Crippen molar-refractivity contribution in [3.63, 3.8) is 0 Å². The number of amides is 1. The Hall–Kier alpha value is -1.92. The Labute approximate surface area is 146 Å². The van der Waals surface area contributed by atoms with Crippen LogP contribution in [0.5, 0.6) is 0 Å². The van der Waals surface area contributed by atoms with Gasteiger partial charge in [-0.05, 0) is 67.5 Å². The Balaban J connectivity index is 1.69. The van der Waals surface area contributed by atoms with Crippen LogP contribution in [0.15, 0.2) is 35.7 Å². The zero-order valence-electron chi connectivity index (χ0n) is 13.3. The molecule has 1 heterocycles. The van der Waals surface area contributed by atoms with Gasteiger partial charge in [-0.15, -0.1) is 11.3 Å². The van der Waals surface area contributed by atoms with Crippen molar-refractivity contribution in [3.8, 4) is 0 Å². The summed E-state index contributed by atoms with van der Waals surface area (Å²) in [6.07, 6.45) is 2.22. The van der Waals surface area contributed by atoms with Gasteiger partial charge in [0, 0.05) is 17.0 Å². The summed E-state index contributed by atoms with van der Waals surface area (Å²) in [5.74, 6) is -0.0633. The van der Waals surface area contributed by atoms with Gasteiger partial charge in [0.05, 0.1) is 0 Å². The number of hydrazine groups is 1. The number of benzene rings is 1. The van der Waals surface area contributed by atoms with E-state index in [0.29, 0.717) is 11.5 Å². The summed E-state index contributed by atoms with van der Waals surface area (Å²) in [6.45, 7) is 4.08. The summed E-state index contributed by atoms with van der Waals surface area (Å²) >= 11 is 6.92. The predicted molar refractivity (Wildman–Crippen MR) is 101 cm³/mol. The molecule has 23 heavy (non-hydrogen) atoms. The van der Waals surface area contributed by atoms with E-state index in [1.165, 1.54) is 10.4 Å². The third kappa shape index (κ3) is 5.65. The first kappa shape index (κ1) is 17.4. The minimum absolute atomic E-state index is 0.0633. The number of hydrogen-bond acceptors (Lipinski definition) is 3. The Morgan fingerprint density at radius 2 is 2.00 bits per heavy atom. The Bertz CT molecular complexity index is 668. The van der Waals surface area contributed by atoms with Crippen LogP contribution in [0.3, 0.4) is 0 Å². The van der Waals surface area contributed by atoms with Crippen molar-refractivity contribution < 1.29 is 4.79 Å². The van der Waals surface area contributed by atoms with Gasteiger partial charge in [0.25, 0.3) is 0 Å². The number of rotatable bonds is 5. The molecule has 0 aliphatic carbocycles. The molecule has 2 rings (SSSR count). The van der Waals surface area contributed by atoms with Crippen LogP contribution >= 0.6 is 23.6 Å². The molecule has 0 atom stereocenters. The van der Waals surface area contributed by atoms with Crippen LogP contribution in [0.25, 0.3) is 0 Å². The van der Waals surface area contributed by atoms with Crippen LogP contribution in [0.4, 0.5) is 5.69 Å². The molecule has 122 valence electrons. The van der Waals surface area contributed by atoms with Gasteiger partial charge in [-0.1, -0.05) is 18.2 Å². The second-order valence-electron chi connectivity index (χ2n) is 5.31. The van der Waals surface area contributed by atoms with E-state index in [9.17, 15) is 4.79 Å². The second-order valence-corrected chi connectivity index (χ2v) is 6.75. The van der Waals surface area contributed by atoms with Crippen molar-refractivity contribution >= 4 is 40.3 Å². The molecule has 1 aromatic heterocycles. The average Bonchev–Trinajstić information content (AvgIpc) is 3.03. The van der Waals surface area contributed by atoms with E-state index in [1.807, 2.05) is 43.5 Å². The van der Waals surface area contributed by atoms with Crippen molar-refractivity contribution in [2.75, 3.05) is 5.32 Å². The molecular formula is C17H21N3OS2. The lowest BCUT2D eigenvalue weighted by molar-refractivity contribution is -0.121. The summed E-state index contributed by atoms with van der Waals surface area (Å²) in [4.78, 5) is 13.1. The highest BCUT2D eigenvalue weighted by atomic mass is 32.1. The highest BCUT2D eigenvalue weighted by Gasteiger charge is 2.05. The van der Waals surface area contributed by atoms with E-state index in [-0.39, 0.29) is 5.91 Å². The zero-order chi connectivity index (χ0) is 16.7. The Kier molecular flexibility index (Phi) is 6.55. The first-order chi connectivity index (χ1) is 11.1. The van der Waals surface area contributed by atoms with Crippen molar-refractivity contribution in [3.05, 3.63) is 51.7 Å². The van der Waals surface area contributed by atoms with Gasteiger partial charge in [0.2, 0.25) is 5.91 Å². The average molecular weight is 348 g/mol. The molecular weight excluding hydrogens is 326 g/mol. The molecule has 0 radical (unpaired) electrons. The van der Waals surface area contributed by atoms with E-state index in [2.05, 4.69) is 22.2 Å². The van der Waals surface area contributed by atoms with Crippen molar-refractivity contribution in [2.45, 2.75) is 33.1 Å². The standard InChI is InChI=1S/C17H21N3OS2/c1-12-6-3-9-15(13(12)2)18-17(22)20-19-16(21)10-4-7-14-8-5-11-23-14/h3,5-6,8-9,11H,4,7,10H2,1-2H3,(H,19,21)(H2,18,20,22). The van der Waals surface area contributed by atoms with Crippen molar-refractivity contribution in [1.82, 2.24) is 10.9 Å². The number of thiophene rings is 1. The number of anilines is 1. The largest absolute Gasteiger partial charge is 0.331 e. The first-order valence-corrected chi connectivity index (χ1v) is 8.79. The zero-order valence-corrected chi connectivity index (χ0v) is 14.9. The highest BCUT2D eigenvalue weighted by Crippen LogP contribution is 2.17. The molecule has 6 heteroatoms. The Morgan fingerprint density at radius 1 is 1.17 bits per heavy atom. The molecule has 4 nitrogen and oxygen atoms in total. The van der Waals surface area contributed by atoms with Crippen molar-refractivity contribution in [2.24, 2.45) is 0 Å². The summed E-state index contributed by atoms with van der Waals surface area (Å²) in [6, 6.07) is 10.1. The third-order valence-corrected chi connectivity index (χ3v) is 4.72. The molecule has 0 spiro atoms. The molecule has 1 aromatic carbocycles. The molecule has 3 N–H and O–H groups in total. The fourth-order valence-electron chi connectivity index (χ4n) is 2.11. The first-order valence-electron chi connectivity index (χ1n) is 7.50. The number of carbonyl (C=O) groups excluding carboxylic acids is 1. The smallest absolute Gasteiger partial charge is 0.238 e. The molecule has 0 saturated carbocycles. The van der Waals surface area contributed by atoms with Gasteiger partial charge in [-0.25, -0.2) is 0 Å². The van der Waals surface area contributed by atoms with E-state index in [0.717, 1.165) is 24.1 Å². The van der Waals surface area contributed by atoms with Gasteiger partial charge in [0.1, 0.15) is 0 Å². The molecule has 0 fully saturated rings. The molecule has 0 bridgehead atoms. The maximum absolute atomic E-state index is 11.8. The molecule has 0 aliphatic heterocycles. The van der Waals surface area contributed by atoms with Crippen LogP contribution in [-0.4, -0.2) is 11.0 Å². The van der Waals surface area contributed by atoms with E-state index in [1.54, 1.807) is 11.3 Å². The van der Waals surface area contributed by atoms with Gasteiger partial charge < -0.3 is 5.32 Å². The molecule has 0 unspecified atom stereocenters.